The first-order valence-electron chi connectivity index (χ1n) is 6.43. The average molecular weight is 334 g/mol. The molecule has 112 valence electrons. The Morgan fingerprint density at radius 1 is 1.05 bits per heavy atom. The van der Waals surface area contributed by atoms with Gasteiger partial charge >= 0.3 is 0 Å². The molecule has 7 heteroatoms. The number of aromatic nitrogens is 2. The van der Waals surface area contributed by atoms with Gasteiger partial charge in [0.15, 0.2) is 0 Å². The van der Waals surface area contributed by atoms with Crippen LogP contribution in [0.3, 0.4) is 0 Å². The molecule has 2 aromatic carbocycles. The van der Waals surface area contributed by atoms with Gasteiger partial charge in [-0.25, -0.2) is 13.1 Å². The summed E-state index contributed by atoms with van der Waals surface area (Å²) in [5.74, 6) is 0. The number of hydrogen-bond acceptors (Lipinski definition) is 3. The highest BCUT2D eigenvalue weighted by Gasteiger charge is 2.14. The first kappa shape index (κ1) is 14.6. The summed E-state index contributed by atoms with van der Waals surface area (Å²) in [7, 11) is -3.66. The number of rotatable bonds is 4. The Bertz CT molecular complexity index is 875. The van der Waals surface area contributed by atoms with Gasteiger partial charge in [-0.05, 0) is 48.5 Å². The molecule has 0 atom stereocenters. The summed E-state index contributed by atoms with van der Waals surface area (Å²) in [6.45, 7) is 0. The molecule has 0 fully saturated rings. The van der Waals surface area contributed by atoms with E-state index < -0.39 is 10.0 Å². The molecule has 0 saturated carbocycles. The third-order valence-electron chi connectivity index (χ3n) is 2.99. The van der Waals surface area contributed by atoms with E-state index >= 15 is 0 Å². The Kier molecular flexibility index (Phi) is 3.87. The van der Waals surface area contributed by atoms with Gasteiger partial charge in [0.1, 0.15) is 0 Å². The number of nitrogens with zero attached hydrogens (tertiary/aromatic N) is 2. The van der Waals surface area contributed by atoms with Crippen LogP contribution >= 0.6 is 11.6 Å². The van der Waals surface area contributed by atoms with Gasteiger partial charge in [0.25, 0.3) is 10.0 Å². The highest BCUT2D eigenvalue weighted by molar-refractivity contribution is 7.92. The largest absolute Gasteiger partial charge is 0.280 e. The molecule has 0 aliphatic rings. The zero-order valence-electron chi connectivity index (χ0n) is 11.3. The van der Waals surface area contributed by atoms with Crippen LogP contribution in [0, 0.1) is 0 Å². The van der Waals surface area contributed by atoms with Crippen molar-refractivity contribution in [2.24, 2.45) is 0 Å². The quantitative estimate of drug-likeness (QED) is 0.796. The van der Waals surface area contributed by atoms with Gasteiger partial charge < -0.3 is 0 Å². The lowest BCUT2D eigenvalue weighted by Crippen LogP contribution is -2.12. The number of hydrogen-bond donors (Lipinski definition) is 1. The van der Waals surface area contributed by atoms with Crippen molar-refractivity contribution in [2.75, 3.05) is 4.72 Å². The first-order valence-corrected chi connectivity index (χ1v) is 8.29. The Balaban J connectivity index is 1.84. The summed E-state index contributed by atoms with van der Waals surface area (Å²) in [5, 5.41) is 4.48. The second-order valence-electron chi connectivity index (χ2n) is 4.56. The smallest absolute Gasteiger partial charge is 0.261 e. The lowest BCUT2D eigenvalue weighted by atomic mass is 10.3. The molecule has 0 aliphatic carbocycles. The van der Waals surface area contributed by atoms with Crippen molar-refractivity contribution in [2.45, 2.75) is 4.90 Å². The van der Waals surface area contributed by atoms with Crippen LogP contribution in [0.25, 0.3) is 5.69 Å². The minimum atomic E-state index is -3.66. The molecule has 0 bridgehead atoms. The second-order valence-corrected chi connectivity index (χ2v) is 6.68. The number of halogens is 1. The molecule has 3 rings (SSSR count). The molecule has 0 radical (unpaired) electrons. The fraction of sp³-hybridized carbons (Fsp3) is 0. The van der Waals surface area contributed by atoms with Crippen LogP contribution in [0.1, 0.15) is 0 Å². The standard InChI is InChI=1S/C15H12ClN3O2S/c16-12-3-1-4-15(11-12)22(20,21)18-13-5-7-14(8-6-13)19-10-2-9-17-19/h1-11,18H. The van der Waals surface area contributed by atoms with Crippen molar-refractivity contribution in [1.82, 2.24) is 9.78 Å². The highest BCUT2D eigenvalue weighted by Crippen LogP contribution is 2.20. The maximum absolute atomic E-state index is 12.3. The Morgan fingerprint density at radius 2 is 1.82 bits per heavy atom. The second kappa shape index (κ2) is 5.82. The fourth-order valence-corrected chi connectivity index (χ4v) is 3.31. The van der Waals surface area contributed by atoms with Gasteiger partial charge in [0, 0.05) is 23.1 Å². The van der Waals surface area contributed by atoms with Crippen molar-refractivity contribution in [1.29, 1.82) is 0 Å². The van der Waals surface area contributed by atoms with Crippen LogP contribution in [0.2, 0.25) is 5.02 Å². The van der Waals surface area contributed by atoms with Crippen LogP contribution in [0.5, 0.6) is 0 Å². The lowest BCUT2D eigenvalue weighted by Gasteiger charge is -2.09. The predicted octanol–water partition coefficient (Wildman–Crippen LogP) is 3.33. The van der Waals surface area contributed by atoms with Gasteiger partial charge in [-0.15, -0.1) is 0 Å². The van der Waals surface area contributed by atoms with E-state index in [-0.39, 0.29) is 4.90 Å². The summed E-state index contributed by atoms with van der Waals surface area (Å²) < 4.78 is 28.8. The van der Waals surface area contributed by atoms with Crippen LogP contribution < -0.4 is 4.72 Å². The molecule has 1 aromatic heterocycles. The van der Waals surface area contributed by atoms with Gasteiger partial charge in [-0.2, -0.15) is 5.10 Å². The Labute approximate surface area is 133 Å². The van der Waals surface area contributed by atoms with Gasteiger partial charge in [0.2, 0.25) is 0 Å². The summed E-state index contributed by atoms with van der Waals surface area (Å²) in [6, 6.07) is 14.9. The SMILES string of the molecule is O=S(=O)(Nc1ccc(-n2cccn2)cc1)c1cccc(Cl)c1. The van der Waals surface area contributed by atoms with E-state index in [0.717, 1.165) is 5.69 Å². The van der Waals surface area contributed by atoms with Crippen molar-refractivity contribution >= 4 is 27.3 Å². The molecular formula is C15H12ClN3O2S. The molecule has 1 N–H and O–H groups in total. The molecule has 0 unspecified atom stereocenters. The van der Waals surface area contributed by atoms with E-state index in [9.17, 15) is 8.42 Å². The van der Waals surface area contributed by atoms with Crippen molar-refractivity contribution in [3.8, 4) is 5.69 Å². The molecule has 0 spiro atoms. The van der Waals surface area contributed by atoms with Crippen LogP contribution in [0.15, 0.2) is 71.9 Å². The minimum absolute atomic E-state index is 0.121. The zero-order valence-corrected chi connectivity index (χ0v) is 12.9. The topological polar surface area (TPSA) is 64.0 Å². The van der Waals surface area contributed by atoms with Crippen LogP contribution in [-0.2, 0) is 10.0 Å². The molecular weight excluding hydrogens is 322 g/mol. The van der Waals surface area contributed by atoms with Crippen molar-refractivity contribution < 1.29 is 8.42 Å². The summed E-state index contributed by atoms with van der Waals surface area (Å²) in [4.78, 5) is 0.121. The van der Waals surface area contributed by atoms with E-state index in [1.54, 1.807) is 47.3 Å². The van der Waals surface area contributed by atoms with E-state index in [1.807, 2.05) is 12.3 Å². The molecule has 5 nitrogen and oxygen atoms in total. The Morgan fingerprint density at radius 3 is 2.45 bits per heavy atom. The summed E-state index contributed by atoms with van der Waals surface area (Å²) in [5.41, 5.74) is 1.31. The van der Waals surface area contributed by atoms with E-state index in [0.29, 0.717) is 10.7 Å². The first-order chi connectivity index (χ1) is 10.5. The average Bonchev–Trinajstić information content (AvgIpc) is 3.02. The monoisotopic (exact) mass is 333 g/mol. The normalized spacial score (nSPS) is 11.3. The fourth-order valence-electron chi connectivity index (χ4n) is 1.95. The molecule has 0 saturated heterocycles. The highest BCUT2D eigenvalue weighted by atomic mass is 35.5. The molecule has 1 heterocycles. The Hall–Kier alpha value is -2.31. The number of benzene rings is 2. The summed E-state index contributed by atoms with van der Waals surface area (Å²) in [6.07, 6.45) is 3.49. The van der Waals surface area contributed by atoms with Crippen LogP contribution in [-0.4, -0.2) is 18.2 Å². The third kappa shape index (κ3) is 3.13. The molecule has 3 aromatic rings. The lowest BCUT2D eigenvalue weighted by molar-refractivity contribution is 0.601. The number of sulfonamides is 1. The third-order valence-corrected chi connectivity index (χ3v) is 4.61. The van der Waals surface area contributed by atoms with Crippen LogP contribution in [0.4, 0.5) is 5.69 Å². The van der Waals surface area contributed by atoms with E-state index in [2.05, 4.69) is 9.82 Å². The number of nitrogens with one attached hydrogen (secondary N) is 1. The molecule has 0 aliphatic heterocycles. The van der Waals surface area contributed by atoms with E-state index in [1.165, 1.54) is 12.1 Å². The van der Waals surface area contributed by atoms with Gasteiger partial charge in [0.05, 0.1) is 10.6 Å². The van der Waals surface area contributed by atoms with Gasteiger partial charge in [-0.3, -0.25) is 4.72 Å². The molecule has 0 amide bonds. The van der Waals surface area contributed by atoms with Crippen molar-refractivity contribution in [3.05, 3.63) is 72.0 Å². The predicted molar refractivity (Wildman–Crippen MR) is 85.8 cm³/mol. The zero-order chi connectivity index (χ0) is 15.6. The maximum atomic E-state index is 12.3. The molecule has 22 heavy (non-hydrogen) atoms. The van der Waals surface area contributed by atoms with E-state index in [4.69, 9.17) is 11.6 Å². The number of anilines is 1. The maximum Gasteiger partial charge on any atom is 0.261 e. The van der Waals surface area contributed by atoms with Crippen molar-refractivity contribution in [3.63, 3.8) is 0 Å². The minimum Gasteiger partial charge on any atom is -0.280 e. The van der Waals surface area contributed by atoms with Gasteiger partial charge in [-0.1, -0.05) is 17.7 Å². The summed E-state index contributed by atoms with van der Waals surface area (Å²) >= 11 is 5.83.